The molecule has 4 rings (SSSR count). The number of aromatic nitrogens is 3. The van der Waals surface area contributed by atoms with Crippen LogP contribution >= 0.6 is 0 Å². The van der Waals surface area contributed by atoms with Gasteiger partial charge in [-0.15, -0.1) is 0 Å². The maximum Gasteiger partial charge on any atom is 0.276 e. The smallest absolute Gasteiger partial charge is 0.276 e. The molecule has 9 nitrogen and oxygen atoms in total. The topological polar surface area (TPSA) is 93.7 Å². The van der Waals surface area contributed by atoms with E-state index in [1.165, 1.54) is 0 Å². The Morgan fingerprint density at radius 2 is 1.92 bits per heavy atom. The monoisotopic (exact) mass is 493 g/mol. The predicted octanol–water partition coefficient (Wildman–Crippen LogP) is 3.78. The van der Waals surface area contributed by atoms with Crippen LogP contribution in [0.15, 0.2) is 47.1 Å². The molecule has 0 N–H and O–H groups in total. The van der Waals surface area contributed by atoms with Crippen molar-refractivity contribution in [1.29, 1.82) is 0 Å². The zero-order valence-electron chi connectivity index (χ0n) is 21.7. The molecule has 3 aromatic rings. The molecule has 36 heavy (non-hydrogen) atoms. The number of aryl methyl sites for hydroxylation is 1. The molecule has 0 aliphatic carbocycles. The van der Waals surface area contributed by atoms with Gasteiger partial charge in [0, 0.05) is 51.4 Å². The van der Waals surface area contributed by atoms with E-state index >= 15 is 0 Å². The molecule has 1 fully saturated rings. The number of hydrogen-bond acceptors (Lipinski definition) is 6. The van der Waals surface area contributed by atoms with Gasteiger partial charge in [0.05, 0.1) is 7.11 Å². The first-order chi connectivity index (χ1) is 17.3. The number of carbonyl (C=O) groups excluding carboxylic acids is 2. The van der Waals surface area contributed by atoms with Crippen LogP contribution in [-0.2, 0) is 13.5 Å². The van der Waals surface area contributed by atoms with Crippen molar-refractivity contribution in [2.24, 2.45) is 13.0 Å². The number of benzene rings is 1. The number of nitrogens with zero attached hydrogens (tertiary/aromatic N) is 5. The minimum Gasteiger partial charge on any atom is -0.497 e. The average Bonchev–Trinajstić information content (AvgIpc) is 3.56. The summed E-state index contributed by atoms with van der Waals surface area (Å²) >= 11 is 0. The number of rotatable bonds is 8. The summed E-state index contributed by atoms with van der Waals surface area (Å²) in [5.74, 6) is 1.69. The van der Waals surface area contributed by atoms with Gasteiger partial charge in [-0.25, -0.2) is 0 Å². The second kappa shape index (κ2) is 11.0. The molecule has 0 spiro atoms. The third kappa shape index (κ3) is 5.61. The lowest BCUT2D eigenvalue weighted by Crippen LogP contribution is -2.48. The summed E-state index contributed by atoms with van der Waals surface area (Å²) in [6.07, 6.45) is 4.03. The molecule has 0 unspecified atom stereocenters. The summed E-state index contributed by atoms with van der Waals surface area (Å²) < 4.78 is 12.4. The Kier molecular flexibility index (Phi) is 7.76. The van der Waals surface area contributed by atoms with E-state index in [2.05, 4.69) is 16.3 Å². The average molecular weight is 494 g/mol. The molecule has 0 bridgehead atoms. The van der Waals surface area contributed by atoms with Crippen molar-refractivity contribution in [3.05, 3.63) is 65.3 Å². The molecule has 0 saturated carbocycles. The van der Waals surface area contributed by atoms with E-state index in [0.717, 1.165) is 24.2 Å². The number of methoxy groups -OCH3 is 1. The highest BCUT2D eigenvalue weighted by Gasteiger charge is 2.34. The molecule has 1 aromatic carbocycles. The Labute approximate surface area is 212 Å². The zero-order chi connectivity index (χ0) is 25.8. The fourth-order valence-corrected chi connectivity index (χ4v) is 4.83. The van der Waals surface area contributed by atoms with Gasteiger partial charge in [-0.1, -0.05) is 31.1 Å². The first-order valence-electron chi connectivity index (χ1n) is 12.4. The fourth-order valence-electron chi connectivity index (χ4n) is 4.83. The Hall–Kier alpha value is -3.62. The largest absolute Gasteiger partial charge is 0.497 e. The van der Waals surface area contributed by atoms with Crippen LogP contribution in [0.25, 0.3) is 0 Å². The number of carbonyl (C=O) groups is 2. The van der Waals surface area contributed by atoms with E-state index in [-0.39, 0.29) is 29.7 Å². The number of ether oxygens (including phenoxy) is 1. The Morgan fingerprint density at radius 3 is 2.53 bits per heavy atom. The van der Waals surface area contributed by atoms with Crippen molar-refractivity contribution in [2.45, 2.75) is 45.1 Å². The van der Waals surface area contributed by atoms with Crippen LogP contribution in [0, 0.1) is 5.92 Å². The Bertz CT molecular complexity index is 1190. The maximum absolute atomic E-state index is 13.3. The summed E-state index contributed by atoms with van der Waals surface area (Å²) in [6.45, 7) is 5.22. The summed E-state index contributed by atoms with van der Waals surface area (Å²) in [7, 11) is 5.30. The van der Waals surface area contributed by atoms with Crippen molar-refractivity contribution in [1.82, 2.24) is 24.7 Å². The van der Waals surface area contributed by atoms with Gasteiger partial charge < -0.3 is 19.1 Å². The van der Waals surface area contributed by atoms with Gasteiger partial charge in [-0.2, -0.15) is 5.10 Å². The lowest BCUT2D eigenvalue weighted by molar-refractivity contribution is 0.0514. The van der Waals surface area contributed by atoms with E-state index in [4.69, 9.17) is 9.26 Å². The van der Waals surface area contributed by atoms with E-state index in [9.17, 15) is 9.59 Å². The van der Waals surface area contributed by atoms with Crippen LogP contribution in [-0.4, -0.2) is 69.8 Å². The number of piperidine rings is 1. The van der Waals surface area contributed by atoms with Gasteiger partial charge in [0.15, 0.2) is 5.69 Å². The highest BCUT2D eigenvalue weighted by Crippen LogP contribution is 2.29. The third-order valence-electron chi connectivity index (χ3n) is 7.02. The molecule has 1 atom stereocenters. The van der Waals surface area contributed by atoms with E-state index in [0.29, 0.717) is 36.7 Å². The molecule has 1 aliphatic rings. The van der Waals surface area contributed by atoms with Crippen molar-refractivity contribution < 1.29 is 18.8 Å². The SMILES string of the molecule is COc1cccc(C[C@H](C2CCN(C(=O)c3cc(C(C)C)on3)CC2)N(C)C(=O)c2ccn(C)n2)c1. The van der Waals surface area contributed by atoms with Crippen molar-refractivity contribution in [3.8, 4) is 5.75 Å². The van der Waals surface area contributed by atoms with Gasteiger partial charge in [0.25, 0.3) is 11.8 Å². The zero-order valence-corrected chi connectivity index (χ0v) is 21.7. The van der Waals surface area contributed by atoms with Crippen LogP contribution in [0.1, 0.15) is 64.9 Å². The van der Waals surface area contributed by atoms with Gasteiger partial charge in [-0.05, 0) is 48.9 Å². The van der Waals surface area contributed by atoms with E-state index in [1.807, 2.05) is 48.9 Å². The Morgan fingerprint density at radius 1 is 1.17 bits per heavy atom. The minimum atomic E-state index is -0.106. The molecular weight excluding hydrogens is 458 g/mol. The molecule has 0 radical (unpaired) electrons. The summed E-state index contributed by atoms with van der Waals surface area (Å²) in [6, 6.07) is 11.4. The van der Waals surface area contributed by atoms with Crippen LogP contribution in [0.4, 0.5) is 0 Å². The van der Waals surface area contributed by atoms with Crippen LogP contribution in [0.3, 0.4) is 0 Å². The van der Waals surface area contributed by atoms with E-state index < -0.39 is 0 Å². The first kappa shape index (κ1) is 25.5. The number of likely N-dealkylation sites (tertiary alicyclic amines) is 1. The van der Waals surface area contributed by atoms with Crippen molar-refractivity contribution in [2.75, 3.05) is 27.2 Å². The predicted molar refractivity (Wildman–Crippen MR) is 135 cm³/mol. The molecule has 2 amide bonds. The molecular formula is C27H35N5O4. The standard InChI is InChI=1S/C27H35N5O4/c1-18(2)25-17-23(29-36-25)27(34)32-13-9-20(10-14-32)24(16-19-7-6-8-21(15-19)35-5)31(4)26(33)22-11-12-30(3)28-22/h6-8,11-12,15,17-18,20,24H,9-10,13-14,16H2,1-5H3/t24-/m1/s1. The molecule has 2 aromatic heterocycles. The van der Waals surface area contributed by atoms with E-state index in [1.54, 1.807) is 37.2 Å². The lowest BCUT2D eigenvalue weighted by Gasteiger charge is -2.39. The number of amides is 2. The molecule has 1 aliphatic heterocycles. The highest BCUT2D eigenvalue weighted by atomic mass is 16.5. The lowest BCUT2D eigenvalue weighted by atomic mass is 9.84. The summed E-state index contributed by atoms with van der Waals surface area (Å²) in [5.41, 5.74) is 1.88. The second-order valence-corrected chi connectivity index (χ2v) is 9.81. The van der Waals surface area contributed by atoms with Crippen LogP contribution < -0.4 is 4.74 Å². The summed E-state index contributed by atoms with van der Waals surface area (Å²) in [4.78, 5) is 30.0. The normalized spacial score (nSPS) is 15.2. The van der Waals surface area contributed by atoms with Crippen LogP contribution in [0.2, 0.25) is 0 Å². The molecule has 3 heterocycles. The van der Waals surface area contributed by atoms with Gasteiger partial charge in [0.1, 0.15) is 17.2 Å². The quantitative estimate of drug-likeness (QED) is 0.474. The Balaban J connectivity index is 1.50. The van der Waals surface area contributed by atoms with Crippen molar-refractivity contribution >= 4 is 11.8 Å². The molecule has 192 valence electrons. The maximum atomic E-state index is 13.3. The van der Waals surface area contributed by atoms with Crippen molar-refractivity contribution in [3.63, 3.8) is 0 Å². The minimum absolute atomic E-state index is 0.0524. The van der Waals surface area contributed by atoms with Gasteiger partial charge in [0.2, 0.25) is 0 Å². The number of likely N-dealkylation sites (N-methyl/N-ethyl adjacent to an activating group) is 1. The van der Waals surface area contributed by atoms with Crippen LogP contribution in [0.5, 0.6) is 5.75 Å². The molecule has 1 saturated heterocycles. The fraction of sp³-hybridized carbons (Fsp3) is 0.481. The highest BCUT2D eigenvalue weighted by molar-refractivity contribution is 5.93. The first-order valence-corrected chi connectivity index (χ1v) is 12.4. The summed E-state index contributed by atoms with van der Waals surface area (Å²) in [5, 5.41) is 8.30. The number of hydrogen-bond donors (Lipinski definition) is 0. The van der Waals surface area contributed by atoms with Gasteiger partial charge in [-0.3, -0.25) is 14.3 Å². The van der Waals surface area contributed by atoms with Gasteiger partial charge >= 0.3 is 0 Å². The molecule has 9 heteroatoms. The third-order valence-corrected chi connectivity index (χ3v) is 7.02. The second-order valence-electron chi connectivity index (χ2n) is 9.81.